The van der Waals surface area contributed by atoms with Gasteiger partial charge in [-0.1, -0.05) is 92.7 Å². The number of aromatic hydroxyl groups is 1. The number of amides is 8. The van der Waals surface area contributed by atoms with Crippen molar-refractivity contribution < 1.29 is 43.5 Å². The summed E-state index contributed by atoms with van der Waals surface area (Å²) in [5, 5.41) is 30.7. The van der Waals surface area contributed by atoms with Crippen LogP contribution in [0.4, 0.5) is 0 Å². The predicted octanol–water partition coefficient (Wildman–Crippen LogP) is 1.48. The Balaban J connectivity index is 1.21. The Labute approximate surface area is 474 Å². The van der Waals surface area contributed by atoms with Crippen molar-refractivity contribution in [2.45, 2.75) is 107 Å². The first-order valence-electron chi connectivity index (χ1n) is 26.4. The van der Waals surface area contributed by atoms with Gasteiger partial charge in [0.1, 0.15) is 48.0 Å². The van der Waals surface area contributed by atoms with Crippen LogP contribution < -0.4 is 54.4 Å². The second-order valence-corrected chi connectivity index (χ2v) is 20.7. The summed E-state index contributed by atoms with van der Waals surface area (Å²) in [7, 11) is 0. The molecule has 23 heteroatoms. The number of aromatic amines is 2. The van der Waals surface area contributed by atoms with Crippen molar-refractivity contribution in [3.8, 4) is 5.75 Å². The van der Waals surface area contributed by atoms with Gasteiger partial charge in [-0.25, -0.2) is 0 Å². The fourth-order valence-electron chi connectivity index (χ4n) is 9.08. The summed E-state index contributed by atoms with van der Waals surface area (Å²) in [5.74, 6) is -6.97. The van der Waals surface area contributed by atoms with Gasteiger partial charge in [0, 0.05) is 65.0 Å². The Kier molecular flexibility index (Phi) is 23.0. The molecule has 6 aromatic rings. The number of fused-ring (bicyclic) bond motifs is 2. The molecule has 2 aromatic heterocycles. The van der Waals surface area contributed by atoms with Gasteiger partial charge >= 0.3 is 0 Å². The number of carbonyl (C=O) groups excluding carboxylic acids is 8. The predicted molar refractivity (Wildman–Crippen MR) is 312 cm³/mol. The lowest BCUT2D eigenvalue weighted by Gasteiger charge is -2.29. The number of H-pyrrole nitrogens is 2. The van der Waals surface area contributed by atoms with Crippen LogP contribution in [-0.4, -0.2) is 129 Å². The lowest BCUT2D eigenvalue weighted by atomic mass is 10.00. The van der Waals surface area contributed by atoms with E-state index in [1.54, 1.807) is 38.4 Å². The zero-order valence-corrected chi connectivity index (χ0v) is 46.4. The highest BCUT2D eigenvalue weighted by atomic mass is 32.1. The number of phenolic OH excluding ortho intramolecular Hbond substituents is 1. The van der Waals surface area contributed by atoms with E-state index in [-0.39, 0.29) is 55.9 Å². The molecule has 16 N–H and O–H groups in total. The van der Waals surface area contributed by atoms with Crippen LogP contribution in [0, 0.1) is 5.92 Å². The molecule has 8 amide bonds. The van der Waals surface area contributed by atoms with E-state index in [4.69, 9.17) is 17.2 Å². The van der Waals surface area contributed by atoms with Gasteiger partial charge < -0.3 is 69.5 Å². The molecule has 8 atom stereocenters. The Morgan fingerprint density at radius 2 is 0.938 bits per heavy atom. The molecule has 0 saturated carbocycles. The topological polar surface area (TPSA) is 351 Å². The van der Waals surface area contributed by atoms with Crippen LogP contribution in [0.5, 0.6) is 5.75 Å². The number of phenols is 1. The molecule has 426 valence electrons. The SMILES string of the molecule is CC(C)[C@H](NC(=O)[C@H](CCCCN)NC(=O)[C@@H](Cc1c[nH]c2ccccc12)NC(=O)[C@H](Cc1ccc(O)cc1)NC(=O)[C@H](CS)NC(=O)[C@@H](N)Cc1ccccc1)C(=O)N[C@@H](CS)C(=O)N[C@@H](Cc1c[nH]c2ccccc12)C(N)=O. The largest absolute Gasteiger partial charge is 0.508 e. The van der Waals surface area contributed by atoms with Gasteiger partial charge in [-0.3, -0.25) is 38.4 Å². The third-order valence-corrected chi connectivity index (χ3v) is 14.3. The summed E-state index contributed by atoms with van der Waals surface area (Å²) in [6.45, 7) is 3.64. The van der Waals surface area contributed by atoms with E-state index in [9.17, 15) is 43.5 Å². The molecule has 21 nitrogen and oxygen atoms in total. The van der Waals surface area contributed by atoms with Gasteiger partial charge in [0.2, 0.25) is 47.3 Å². The minimum Gasteiger partial charge on any atom is -0.508 e. The van der Waals surface area contributed by atoms with E-state index in [1.807, 2.05) is 78.9 Å². The van der Waals surface area contributed by atoms with Crippen molar-refractivity contribution in [3.63, 3.8) is 0 Å². The van der Waals surface area contributed by atoms with E-state index < -0.39 is 102 Å². The Hall–Kier alpha value is -7.86. The summed E-state index contributed by atoms with van der Waals surface area (Å²) in [6, 6.07) is 19.9. The molecule has 0 radical (unpaired) electrons. The summed E-state index contributed by atoms with van der Waals surface area (Å²) < 4.78 is 0. The minimum absolute atomic E-state index is 0.0396. The Bertz CT molecular complexity index is 3080. The van der Waals surface area contributed by atoms with Crippen molar-refractivity contribution in [2.75, 3.05) is 18.1 Å². The number of aromatic nitrogens is 2. The molecule has 0 aliphatic rings. The van der Waals surface area contributed by atoms with Crippen LogP contribution >= 0.6 is 25.3 Å². The number of nitrogens with one attached hydrogen (secondary N) is 9. The number of carbonyl (C=O) groups is 8. The van der Waals surface area contributed by atoms with Gasteiger partial charge in [-0.2, -0.15) is 25.3 Å². The van der Waals surface area contributed by atoms with Gasteiger partial charge in [-0.15, -0.1) is 0 Å². The first kappa shape index (κ1) is 61.4. The molecule has 0 fully saturated rings. The molecule has 4 aromatic carbocycles. The number of para-hydroxylation sites is 2. The summed E-state index contributed by atoms with van der Waals surface area (Å²) in [5.41, 5.74) is 22.1. The van der Waals surface area contributed by atoms with Gasteiger partial charge in [0.15, 0.2) is 0 Å². The highest BCUT2D eigenvalue weighted by molar-refractivity contribution is 7.80. The molecule has 0 aliphatic carbocycles. The lowest BCUT2D eigenvalue weighted by Crippen LogP contribution is -2.61. The highest BCUT2D eigenvalue weighted by Crippen LogP contribution is 2.22. The molecule has 0 unspecified atom stereocenters. The maximum absolute atomic E-state index is 14.8. The number of benzene rings is 4. The maximum Gasteiger partial charge on any atom is 0.244 e. The third-order valence-electron chi connectivity index (χ3n) is 13.6. The average Bonchev–Trinajstić information content (AvgIpc) is 4.10. The number of hydrogen-bond acceptors (Lipinski definition) is 13. The van der Waals surface area contributed by atoms with Crippen LogP contribution in [0.15, 0.2) is 116 Å². The van der Waals surface area contributed by atoms with Crippen LogP contribution in [-0.2, 0) is 64.0 Å². The van der Waals surface area contributed by atoms with Crippen molar-refractivity contribution in [1.82, 2.24) is 47.2 Å². The van der Waals surface area contributed by atoms with E-state index in [0.29, 0.717) is 24.0 Å². The standard InChI is InChI=1S/C57H72N12O9S2/c1-32(2)49(57(78)68-48(31-80)55(76)64-44(50(60)71)26-35-28-61-41-16-8-6-14-38(35)41)69-52(73)43(18-10-11-23-58)63-54(75)46(27-36-29-62-42-17-9-7-15-39(36)42)66-53(74)45(25-34-19-21-37(70)22-20-34)65-56(77)47(30-79)67-51(72)40(59)24-33-12-4-3-5-13-33/h3-9,12-17,19-22,28-29,32,40,43-49,61-62,70,79-80H,10-11,18,23-27,30-31,58-59H2,1-2H3,(H2,60,71)(H,63,75)(H,64,76)(H,65,77)(H,66,74)(H,67,72)(H,68,78)(H,69,73)/t40-,43-,44-,45-,46+,47-,48-,49-/m0/s1. The lowest BCUT2D eigenvalue weighted by molar-refractivity contribution is -0.136. The van der Waals surface area contributed by atoms with Gasteiger partial charge in [-0.05, 0) is 84.7 Å². The fraction of sp³-hybridized carbons (Fsp3) is 0.368. The number of unbranched alkanes of at least 4 members (excludes halogenated alkanes) is 1. The first-order valence-corrected chi connectivity index (χ1v) is 27.7. The number of rotatable bonds is 30. The second-order valence-electron chi connectivity index (χ2n) is 19.9. The zero-order valence-electron chi connectivity index (χ0n) is 44.6. The molecule has 0 saturated heterocycles. The number of thiol groups is 2. The van der Waals surface area contributed by atoms with Crippen LogP contribution in [0.1, 0.15) is 55.4 Å². The number of nitrogens with two attached hydrogens (primary N) is 3. The van der Waals surface area contributed by atoms with Gasteiger partial charge in [0.05, 0.1) is 6.04 Å². The minimum atomic E-state index is -1.39. The smallest absolute Gasteiger partial charge is 0.244 e. The summed E-state index contributed by atoms with van der Waals surface area (Å²) >= 11 is 8.65. The van der Waals surface area contributed by atoms with E-state index in [0.717, 1.165) is 32.9 Å². The second kappa shape index (κ2) is 29.9. The molecule has 0 aliphatic heterocycles. The Morgan fingerprint density at radius 1 is 0.500 bits per heavy atom. The molecule has 0 spiro atoms. The first-order chi connectivity index (χ1) is 38.4. The quantitative estimate of drug-likeness (QED) is 0.0226. The van der Waals surface area contributed by atoms with Crippen LogP contribution in [0.2, 0.25) is 0 Å². The molecular weight excluding hydrogens is 1060 g/mol. The van der Waals surface area contributed by atoms with Crippen LogP contribution in [0.25, 0.3) is 21.8 Å². The molecular formula is C57H72N12O9S2. The van der Waals surface area contributed by atoms with Crippen LogP contribution in [0.3, 0.4) is 0 Å². The highest BCUT2D eigenvalue weighted by Gasteiger charge is 2.35. The fourth-order valence-corrected chi connectivity index (χ4v) is 9.59. The van der Waals surface area contributed by atoms with E-state index >= 15 is 0 Å². The number of hydrogen-bond donors (Lipinski definition) is 15. The van der Waals surface area contributed by atoms with Crippen molar-refractivity contribution in [2.24, 2.45) is 23.1 Å². The summed E-state index contributed by atoms with van der Waals surface area (Å²) in [6.07, 6.45) is 4.35. The van der Waals surface area contributed by atoms with E-state index in [1.165, 1.54) is 12.1 Å². The maximum atomic E-state index is 14.8. The van der Waals surface area contributed by atoms with Crippen molar-refractivity contribution >= 4 is 94.3 Å². The Morgan fingerprint density at radius 3 is 1.46 bits per heavy atom. The molecule has 0 bridgehead atoms. The molecule has 80 heavy (non-hydrogen) atoms. The zero-order chi connectivity index (χ0) is 57.9. The third kappa shape index (κ3) is 17.3. The normalized spacial score (nSPS) is 14.3. The average molecular weight is 1130 g/mol. The van der Waals surface area contributed by atoms with E-state index in [2.05, 4.69) is 72.4 Å². The van der Waals surface area contributed by atoms with Crippen molar-refractivity contribution in [1.29, 1.82) is 0 Å². The van der Waals surface area contributed by atoms with Crippen molar-refractivity contribution in [3.05, 3.63) is 138 Å². The monoisotopic (exact) mass is 1130 g/mol. The summed E-state index contributed by atoms with van der Waals surface area (Å²) in [4.78, 5) is 118. The van der Waals surface area contributed by atoms with Gasteiger partial charge in [0.25, 0.3) is 0 Å². The molecule has 6 rings (SSSR count). The number of primary amides is 1. The molecule has 2 heterocycles.